The number of nitrogens with one attached hydrogen (secondary N) is 1. The highest BCUT2D eigenvalue weighted by molar-refractivity contribution is 6.00. The third-order valence-electron chi connectivity index (χ3n) is 10.4. The van der Waals surface area contributed by atoms with E-state index >= 15 is 0 Å². The van der Waals surface area contributed by atoms with Gasteiger partial charge in [0, 0.05) is 99.8 Å². The monoisotopic (exact) mass is 873 g/mol. The predicted octanol–water partition coefficient (Wildman–Crippen LogP) is 6.42. The number of nitrogens with zero attached hydrogens (tertiary/aromatic N) is 4. The van der Waals surface area contributed by atoms with Crippen molar-refractivity contribution in [2.75, 3.05) is 65.4 Å². The highest BCUT2D eigenvalue weighted by atomic mass is 16.6. The van der Waals surface area contributed by atoms with Crippen LogP contribution in [0.2, 0.25) is 0 Å². The molecule has 0 atom stereocenters. The zero-order valence-electron chi connectivity index (χ0n) is 37.5. The zero-order valence-corrected chi connectivity index (χ0v) is 37.5. The smallest absolute Gasteiger partial charge is 0.410 e. The van der Waals surface area contributed by atoms with Crippen LogP contribution in [0.1, 0.15) is 99.7 Å². The van der Waals surface area contributed by atoms with E-state index in [4.69, 9.17) is 23.7 Å². The number of hydrogen-bond donors (Lipinski definition) is 3. The molecule has 6 rings (SSSR count). The Morgan fingerprint density at radius 1 is 0.619 bits per heavy atom. The number of fused-ring (bicyclic) bond motifs is 6. The van der Waals surface area contributed by atoms with E-state index in [0.717, 1.165) is 0 Å². The van der Waals surface area contributed by atoms with Gasteiger partial charge in [-0.3, -0.25) is 9.69 Å². The van der Waals surface area contributed by atoms with Gasteiger partial charge in [-0.2, -0.15) is 0 Å². The highest BCUT2D eigenvalue weighted by Gasteiger charge is 2.54. The lowest BCUT2D eigenvalue weighted by Crippen LogP contribution is -2.51. The zero-order chi connectivity index (χ0) is 46.1. The van der Waals surface area contributed by atoms with E-state index in [1.54, 1.807) is 90.3 Å². The van der Waals surface area contributed by atoms with Crippen molar-refractivity contribution in [3.8, 4) is 23.0 Å². The summed E-state index contributed by atoms with van der Waals surface area (Å²) < 4.78 is 29.4. The van der Waals surface area contributed by atoms with Crippen molar-refractivity contribution in [3.05, 3.63) is 82.4 Å². The number of rotatable bonds is 4. The Kier molecular flexibility index (Phi) is 13.1. The van der Waals surface area contributed by atoms with Crippen molar-refractivity contribution in [3.63, 3.8) is 0 Å². The number of carbonyl (C=O) groups excluding carboxylic acids is 5. The topological polar surface area (TPSA) is 197 Å². The minimum absolute atomic E-state index is 0.0811. The summed E-state index contributed by atoms with van der Waals surface area (Å²) >= 11 is 0. The Morgan fingerprint density at radius 2 is 1.05 bits per heavy atom. The second-order valence-electron chi connectivity index (χ2n) is 18.8. The van der Waals surface area contributed by atoms with E-state index < -0.39 is 52.6 Å². The van der Waals surface area contributed by atoms with E-state index in [0.29, 0.717) is 36.3 Å². The van der Waals surface area contributed by atoms with Gasteiger partial charge in [0.15, 0.2) is 5.60 Å². The van der Waals surface area contributed by atoms with Crippen LogP contribution in [-0.4, -0.2) is 142 Å². The summed E-state index contributed by atoms with van der Waals surface area (Å²) in [4.78, 5) is 74.4. The van der Waals surface area contributed by atoms with Crippen LogP contribution < -0.4 is 10.1 Å². The molecule has 17 heteroatoms. The van der Waals surface area contributed by atoms with Crippen LogP contribution in [0.5, 0.6) is 23.0 Å². The molecule has 0 aromatic heterocycles. The van der Waals surface area contributed by atoms with Crippen LogP contribution in [0.15, 0.2) is 54.6 Å². The fraction of sp³-hybridized carbons (Fsp3) is 0.500. The Bertz CT molecular complexity index is 2150. The second kappa shape index (κ2) is 17.9. The SMILES string of the molecule is CC(C)(C)OC(=O)N1CCN(CCNC(=O)c2ccc3c(c2)C2(OC3=O)c3ccc(O)cc3Oc3cc(O)ccc32)CCN(C(=O)OC(C)(C)C)CCN(C(=O)OC(C)(C)C)CC1. The minimum atomic E-state index is -1.55. The number of aromatic hydroxyl groups is 2. The van der Waals surface area contributed by atoms with Crippen LogP contribution in [0, 0.1) is 0 Å². The summed E-state index contributed by atoms with van der Waals surface area (Å²) in [5.41, 5.74) is -2.14. The quantitative estimate of drug-likeness (QED) is 0.192. The molecule has 0 saturated carbocycles. The standard InChI is InChI=1S/C46H59N5O12/c1-43(2,3)61-40(56)49-20-18-48(19-21-50(41(57)62-44(4,5)6)23-25-51(24-22-49)42(58)63-45(7,8)9)17-16-47-38(54)29-10-13-32-35(26-29)46(60-39(32)55)33-14-11-30(52)27-36(33)59-37-28-31(53)12-15-34(37)46/h10-15,26-28,52-53H,16-25H2,1-9H3,(H,47,54). The first-order valence-electron chi connectivity index (χ1n) is 21.1. The number of hydrogen-bond acceptors (Lipinski definition) is 13. The molecular formula is C46H59N5O12. The minimum Gasteiger partial charge on any atom is -0.508 e. The van der Waals surface area contributed by atoms with Gasteiger partial charge in [0.1, 0.15) is 39.8 Å². The molecule has 340 valence electrons. The molecule has 1 saturated heterocycles. The van der Waals surface area contributed by atoms with Crippen LogP contribution in [-0.2, 0) is 24.5 Å². The van der Waals surface area contributed by atoms with Gasteiger partial charge in [0.05, 0.1) is 5.56 Å². The van der Waals surface area contributed by atoms with Crippen LogP contribution in [0.3, 0.4) is 0 Å². The lowest BCUT2D eigenvalue weighted by Gasteiger charge is -2.36. The van der Waals surface area contributed by atoms with Crippen LogP contribution in [0.25, 0.3) is 0 Å². The van der Waals surface area contributed by atoms with Crippen molar-refractivity contribution < 1.29 is 57.9 Å². The molecule has 3 aliphatic rings. The lowest BCUT2D eigenvalue weighted by molar-refractivity contribution is 0.00476. The van der Waals surface area contributed by atoms with E-state index in [9.17, 15) is 34.2 Å². The van der Waals surface area contributed by atoms with E-state index in [1.807, 2.05) is 4.90 Å². The summed E-state index contributed by atoms with van der Waals surface area (Å²) in [5, 5.41) is 23.6. The van der Waals surface area contributed by atoms with Gasteiger partial charge >= 0.3 is 24.2 Å². The van der Waals surface area contributed by atoms with Gasteiger partial charge in [-0.05, 0) is 105 Å². The third kappa shape index (κ3) is 11.1. The van der Waals surface area contributed by atoms with Gasteiger partial charge in [0.2, 0.25) is 0 Å². The number of carbonyl (C=O) groups is 5. The summed E-state index contributed by atoms with van der Waals surface area (Å²) in [6.07, 6.45) is -1.68. The molecule has 1 spiro atoms. The fourth-order valence-electron chi connectivity index (χ4n) is 7.47. The number of amides is 4. The molecular weight excluding hydrogens is 815 g/mol. The molecule has 3 aromatic carbocycles. The molecule has 0 aliphatic carbocycles. The van der Waals surface area contributed by atoms with Gasteiger partial charge in [-0.15, -0.1) is 0 Å². The fourth-order valence-corrected chi connectivity index (χ4v) is 7.47. The molecule has 3 N–H and O–H groups in total. The van der Waals surface area contributed by atoms with Gasteiger partial charge in [-0.1, -0.05) is 0 Å². The van der Waals surface area contributed by atoms with Crippen molar-refractivity contribution in [1.29, 1.82) is 0 Å². The number of benzene rings is 3. The molecule has 3 aliphatic heterocycles. The molecule has 63 heavy (non-hydrogen) atoms. The first kappa shape index (κ1) is 46.3. The number of phenols is 2. The average molecular weight is 874 g/mol. The van der Waals surface area contributed by atoms with Crippen LogP contribution in [0.4, 0.5) is 14.4 Å². The Labute approximate surface area is 367 Å². The van der Waals surface area contributed by atoms with Gasteiger partial charge in [0.25, 0.3) is 5.91 Å². The van der Waals surface area contributed by atoms with Crippen molar-refractivity contribution in [2.45, 2.75) is 84.7 Å². The molecule has 0 bridgehead atoms. The molecule has 3 heterocycles. The Balaban J connectivity index is 1.23. The largest absolute Gasteiger partial charge is 0.508 e. The molecule has 17 nitrogen and oxygen atoms in total. The highest BCUT2D eigenvalue weighted by Crippen LogP contribution is 2.57. The molecule has 0 radical (unpaired) electrons. The number of ether oxygens (including phenoxy) is 5. The van der Waals surface area contributed by atoms with Gasteiger partial charge in [-0.25, -0.2) is 19.2 Å². The maximum absolute atomic E-state index is 13.9. The molecule has 0 unspecified atom stereocenters. The van der Waals surface area contributed by atoms with E-state index in [2.05, 4.69) is 5.32 Å². The second-order valence-corrected chi connectivity index (χ2v) is 18.8. The molecule has 3 aromatic rings. The average Bonchev–Trinajstić information content (AvgIpc) is 3.44. The van der Waals surface area contributed by atoms with E-state index in [1.165, 1.54) is 41.3 Å². The number of esters is 1. The third-order valence-corrected chi connectivity index (χ3v) is 10.4. The molecule has 4 amide bonds. The van der Waals surface area contributed by atoms with Crippen molar-refractivity contribution in [2.24, 2.45) is 0 Å². The van der Waals surface area contributed by atoms with Crippen molar-refractivity contribution in [1.82, 2.24) is 24.9 Å². The summed E-state index contributed by atoms with van der Waals surface area (Å²) in [5.74, 6) is -0.787. The Morgan fingerprint density at radius 3 is 1.48 bits per heavy atom. The maximum atomic E-state index is 13.9. The summed E-state index contributed by atoms with van der Waals surface area (Å²) in [7, 11) is 0. The lowest BCUT2D eigenvalue weighted by atomic mass is 9.77. The summed E-state index contributed by atoms with van der Waals surface area (Å²) in [6, 6.07) is 13.6. The normalized spacial score (nSPS) is 16.9. The number of phenolic OH excluding ortho intramolecular Hbond substituents is 2. The maximum Gasteiger partial charge on any atom is 0.410 e. The van der Waals surface area contributed by atoms with Crippen LogP contribution >= 0.6 is 0 Å². The van der Waals surface area contributed by atoms with E-state index in [-0.39, 0.29) is 79.9 Å². The summed E-state index contributed by atoms with van der Waals surface area (Å²) in [6.45, 7) is 18.0. The Hall–Kier alpha value is -6.23. The first-order chi connectivity index (χ1) is 29.4. The predicted molar refractivity (Wildman–Crippen MR) is 230 cm³/mol. The molecule has 1 fully saturated rings. The first-order valence-corrected chi connectivity index (χ1v) is 21.1. The van der Waals surface area contributed by atoms with Gasteiger partial charge < -0.3 is 53.9 Å². The van der Waals surface area contributed by atoms with Crippen molar-refractivity contribution >= 4 is 30.2 Å².